The summed E-state index contributed by atoms with van der Waals surface area (Å²) in [4.78, 5) is 14.2. The first-order valence-electron chi connectivity index (χ1n) is 9.11. The molecule has 23 heavy (non-hydrogen) atoms. The predicted molar refractivity (Wildman–Crippen MR) is 98.2 cm³/mol. The van der Waals surface area contributed by atoms with Crippen LogP contribution in [0.4, 0.5) is 4.79 Å². The van der Waals surface area contributed by atoms with Crippen LogP contribution in [0.25, 0.3) is 0 Å². The van der Waals surface area contributed by atoms with E-state index in [2.05, 4.69) is 11.6 Å². The van der Waals surface area contributed by atoms with Gasteiger partial charge in [0.2, 0.25) is 0 Å². The zero-order valence-electron chi connectivity index (χ0n) is 15.3. The van der Waals surface area contributed by atoms with E-state index in [9.17, 15) is 4.79 Å². The van der Waals surface area contributed by atoms with Gasteiger partial charge in [-0.05, 0) is 52.7 Å². The van der Waals surface area contributed by atoms with Crippen molar-refractivity contribution in [2.45, 2.75) is 82.1 Å². The molecule has 134 valence electrons. The van der Waals surface area contributed by atoms with Crippen LogP contribution in [0.2, 0.25) is 0 Å². The lowest BCUT2D eigenvalue weighted by atomic mass is 9.88. The largest absolute Gasteiger partial charge is 0.444 e. The summed E-state index contributed by atoms with van der Waals surface area (Å²) in [7, 11) is 0. The molecule has 1 saturated carbocycles. The smallest absolute Gasteiger partial charge is 0.410 e. The van der Waals surface area contributed by atoms with Gasteiger partial charge in [0.1, 0.15) is 5.60 Å². The van der Waals surface area contributed by atoms with Gasteiger partial charge in [-0.3, -0.25) is 0 Å². The number of thioether (sulfide) groups is 1. The minimum Gasteiger partial charge on any atom is -0.444 e. The van der Waals surface area contributed by atoms with E-state index in [-0.39, 0.29) is 12.1 Å². The number of nitrogens with one attached hydrogen (secondary N) is 1. The van der Waals surface area contributed by atoms with Crippen molar-refractivity contribution in [3.05, 3.63) is 0 Å². The number of likely N-dealkylation sites (tertiary alicyclic amines) is 1. The Kier molecular flexibility index (Phi) is 6.66. The van der Waals surface area contributed by atoms with Gasteiger partial charge in [-0.2, -0.15) is 11.8 Å². The van der Waals surface area contributed by atoms with Crippen LogP contribution >= 0.6 is 11.8 Å². The van der Waals surface area contributed by atoms with Gasteiger partial charge < -0.3 is 15.0 Å². The molecule has 1 N–H and O–H groups in total. The molecule has 0 bridgehead atoms. The SMILES string of the molecule is CSC1(CNCC2CCCN2C(=O)OC(C)(C)C)CCCCC1. The van der Waals surface area contributed by atoms with Crippen molar-refractivity contribution in [2.24, 2.45) is 0 Å². The Morgan fingerprint density at radius 2 is 1.96 bits per heavy atom. The van der Waals surface area contributed by atoms with E-state index in [1.54, 1.807) is 0 Å². The zero-order valence-corrected chi connectivity index (χ0v) is 16.1. The number of amides is 1. The Labute approximate surface area is 146 Å². The monoisotopic (exact) mass is 342 g/mol. The van der Waals surface area contributed by atoms with Gasteiger partial charge >= 0.3 is 6.09 Å². The van der Waals surface area contributed by atoms with E-state index >= 15 is 0 Å². The number of carbonyl (C=O) groups excluding carboxylic acids is 1. The zero-order chi connectivity index (χ0) is 16.9. The fourth-order valence-electron chi connectivity index (χ4n) is 3.72. The van der Waals surface area contributed by atoms with Gasteiger partial charge in [0.15, 0.2) is 0 Å². The molecule has 1 atom stereocenters. The van der Waals surface area contributed by atoms with Crippen LogP contribution < -0.4 is 5.32 Å². The maximum atomic E-state index is 12.3. The van der Waals surface area contributed by atoms with Crippen molar-refractivity contribution in [2.75, 3.05) is 25.9 Å². The van der Waals surface area contributed by atoms with Crippen LogP contribution in [-0.4, -0.2) is 53.3 Å². The number of hydrogen-bond donors (Lipinski definition) is 1. The number of rotatable bonds is 5. The average molecular weight is 343 g/mol. The van der Waals surface area contributed by atoms with Gasteiger partial charge in [0, 0.05) is 30.4 Å². The molecule has 1 unspecified atom stereocenters. The molecule has 1 saturated heterocycles. The summed E-state index contributed by atoms with van der Waals surface area (Å²) in [6.07, 6.45) is 11.0. The standard InChI is InChI=1S/C18H34N2O2S/c1-17(2,3)22-16(21)20-12-8-9-15(20)13-19-14-18(23-4)10-6-5-7-11-18/h15,19H,5-14H2,1-4H3. The molecule has 1 heterocycles. The van der Waals surface area contributed by atoms with Crippen LogP contribution in [0.5, 0.6) is 0 Å². The van der Waals surface area contributed by atoms with Crippen molar-refractivity contribution in [1.29, 1.82) is 0 Å². The van der Waals surface area contributed by atoms with Gasteiger partial charge in [-0.25, -0.2) is 4.79 Å². The molecule has 2 fully saturated rings. The summed E-state index contributed by atoms with van der Waals surface area (Å²) in [5.74, 6) is 0. The third-order valence-electron chi connectivity index (χ3n) is 5.03. The average Bonchev–Trinajstić information content (AvgIpc) is 2.95. The van der Waals surface area contributed by atoms with Gasteiger partial charge in [-0.1, -0.05) is 19.3 Å². The van der Waals surface area contributed by atoms with Gasteiger partial charge in [0.05, 0.1) is 0 Å². The molecule has 0 spiro atoms. The Morgan fingerprint density at radius 3 is 2.57 bits per heavy atom. The molecule has 1 aliphatic carbocycles. The molecule has 2 aliphatic rings. The number of nitrogens with zero attached hydrogens (tertiary/aromatic N) is 1. The lowest BCUT2D eigenvalue weighted by molar-refractivity contribution is 0.0226. The first kappa shape index (κ1) is 18.9. The number of ether oxygens (including phenoxy) is 1. The quantitative estimate of drug-likeness (QED) is 0.819. The molecule has 0 aromatic rings. The Balaban J connectivity index is 1.81. The van der Waals surface area contributed by atoms with E-state index in [0.717, 1.165) is 32.5 Å². The Hall–Kier alpha value is -0.420. The van der Waals surface area contributed by atoms with Crippen LogP contribution in [0.1, 0.15) is 65.7 Å². The van der Waals surface area contributed by atoms with E-state index < -0.39 is 5.60 Å². The molecular formula is C18H34N2O2S. The van der Waals surface area contributed by atoms with Crippen molar-refractivity contribution >= 4 is 17.9 Å². The second-order valence-electron chi connectivity index (χ2n) is 8.05. The van der Waals surface area contributed by atoms with Crippen molar-refractivity contribution in [3.8, 4) is 0 Å². The minimum absolute atomic E-state index is 0.154. The summed E-state index contributed by atoms with van der Waals surface area (Å²) < 4.78 is 5.95. The summed E-state index contributed by atoms with van der Waals surface area (Å²) in [6.45, 7) is 8.57. The number of carbonyl (C=O) groups is 1. The highest BCUT2D eigenvalue weighted by molar-refractivity contribution is 8.00. The van der Waals surface area contributed by atoms with Crippen LogP contribution in [0, 0.1) is 0 Å². The second kappa shape index (κ2) is 8.11. The molecule has 0 aromatic heterocycles. The van der Waals surface area contributed by atoms with Crippen LogP contribution in [0.3, 0.4) is 0 Å². The lowest BCUT2D eigenvalue weighted by Gasteiger charge is -2.37. The fourth-order valence-corrected chi connectivity index (χ4v) is 4.67. The fraction of sp³-hybridized carbons (Fsp3) is 0.944. The molecule has 0 aromatic carbocycles. The summed E-state index contributed by atoms with van der Waals surface area (Å²) >= 11 is 2.02. The highest BCUT2D eigenvalue weighted by Gasteiger charge is 2.34. The second-order valence-corrected chi connectivity index (χ2v) is 9.32. The molecule has 5 heteroatoms. The highest BCUT2D eigenvalue weighted by Crippen LogP contribution is 2.38. The van der Waals surface area contributed by atoms with Crippen LogP contribution in [0.15, 0.2) is 0 Å². The van der Waals surface area contributed by atoms with Crippen molar-refractivity contribution in [3.63, 3.8) is 0 Å². The van der Waals surface area contributed by atoms with Gasteiger partial charge in [0.25, 0.3) is 0 Å². The Morgan fingerprint density at radius 1 is 1.26 bits per heavy atom. The lowest BCUT2D eigenvalue weighted by Crippen LogP contribution is -2.47. The normalized spacial score (nSPS) is 24.7. The predicted octanol–water partition coefficient (Wildman–Crippen LogP) is 4.04. The maximum absolute atomic E-state index is 12.3. The molecule has 0 radical (unpaired) electrons. The molecule has 1 amide bonds. The van der Waals surface area contributed by atoms with E-state index in [4.69, 9.17) is 4.74 Å². The first-order valence-corrected chi connectivity index (χ1v) is 10.3. The third-order valence-corrected chi connectivity index (χ3v) is 6.45. The summed E-state index contributed by atoms with van der Waals surface area (Å²) in [6, 6.07) is 0.285. The van der Waals surface area contributed by atoms with Crippen molar-refractivity contribution < 1.29 is 9.53 Å². The van der Waals surface area contributed by atoms with E-state index in [1.165, 1.54) is 32.1 Å². The molecule has 1 aliphatic heterocycles. The Bertz CT molecular complexity index is 389. The molecular weight excluding hydrogens is 308 g/mol. The first-order chi connectivity index (χ1) is 10.9. The topological polar surface area (TPSA) is 41.6 Å². The molecule has 4 nitrogen and oxygen atoms in total. The van der Waals surface area contributed by atoms with E-state index in [1.807, 2.05) is 37.4 Å². The van der Waals surface area contributed by atoms with Crippen molar-refractivity contribution in [1.82, 2.24) is 10.2 Å². The third kappa shape index (κ3) is 5.56. The van der Waals surface area contributed by atoms with E-state index in [0.29, 0.717) is 4.75 Å². The molecule has 2 rings (SSSR count). The van der Waals surface area contributed by atoms with Gasteiger partial charge in [-0.15, -0.1) is 0 Å². The minimum atomic E-state index is -0.414. The van der Waals surface area contributed by atoms with Crippen LogP contribution in [-0.2, 0) is 4.74 Å². The highest BCUT2D eigenvalue weighted by atomic mass is 32.2. The number of hydrogen-bond acceptors (Lipinski definition) is 4. The maximum Gasteiger partial charge on any atom is 0.410 e. The summed E-state index contributed by atoms with van der Waals surface area (Å²) in [5, 5.41) is 3.67. The summed E-state index contributed by atoms with van der Waals surface area (Å²) in [5.41, 5.74) is -0.414.